The number of anilines is 1. The number of imide groups is 2. The molecular formula is C19H12BrN2O6-. The van der Waals surface area contributed by atoms with Gasteiger partial charge in [0.05, 0.1) is 11.7 Å². The first-order valence-electron chi connectivity index (χ1n) is 7.95. The van der Waals surface area contributed by atoms with E-state index in [4.69, 9.17) is 4.74 Å². The number of carbonyl (C=O) groups is 4. The van der Waals surface area contributed by atoms with E-state index in [1.165, 1.54) is 12.1 Å². The second-order valence-electron chi connectivity index (χ2n) is 5.63. The van der Waals surface area contributed by atoms with Gasteiger partial charge < -0.3 is 14.6 Å². The molecule has 0 atom stereocenters. The zero-order valence-electron chi connectivity index (χ0n) is 14.2. The number of amides is 4. The van der Waals surface area contributed by atoms with Gasteiger partial charge >= 0.3 is 6.03 Å². The minimum atomic E-state index is -1.42. The number of halogens is 1. The Morgan fingerprint density at radius 1 is 1.11 bits per heavy atom. The predicted octanol–water partition coefficient (Wildman–Crippen LogP) is 1.24. The average molecular weight is 444 g/mol. The molecule has 4 amide bonds. The fourth-order valence-corrected chi connectivity index (χ4v) is 2.77. The summed E-state index contributed by atoms with van der Waals surface area (Å²) in [5, 5.41) is 12.7. The summed E-state index contributed by atoms with van der Waals surface area (Å²) >= 11 is 3.27. The lowest BCUT2D eigenvalue weighted by atomic mass is 10.1. The molecule has 2 aromatic rings. The van der Waals surface area contributed by atoms with Crippen LogP contribution in [0, 0.1) is 0 Å². The van der Waals surface area contributed by atoms with Gasteiger partial charge in [-0.3, -0.25) is 14.9 Å². The summed E-state index contributed by atoms with van der Waals surface area (Å²) in [6.07, 6.45) is 1.24. The summed E-state index contributed by atoms with van der Waals surface area (Å²) in [4.78, 5) is 48.7. The molecule has 1 saturated heterocycles. The maximum absolute atomic E-state index is 12.8. The van der Waals surface area contributed by atoms with Gasteiger partial charge in [-0.2, -0.15) is 0 Å². The molecule has 0 aromatic heterocycles. The predicted molar refractivity (Wildman–Crippen MR) is 100 cm³/mol. The van der Waals surface area contributed by atoms with Crippen LogP contribution in [0.2, 0.25) is 0 Å². The molecule has 28 heavy (non-hydrogen) atoms. The Morgan fingerprint density at radius 2 is 1.79 bits per heavy atom. The van der Waals surface area contributed by atoms with Crippen LogP contribution in [0.5, 0.6) is 5.75 Å². The van der Waals surface area contributed by atoms with E-state index in [9.17, 15) is 24.3 Å². The number of barbiturate groups is 1. The second kappa shape index (κ2) is 8.05. The van der Waals surface area contributed by atoms with Crippen molar-refractivity contribution in [2.75, 3.05) is 11.5 Å². The Kier molecular flexibility index (Phi) is 5.55. The molecule has 0 aliphatic carbocycles. The molecule has 1 aliphatic heterocycles. The number of carboxylic acids is 1. The van der Waals surface area contributed by atoms with E-state index in [2.05, 4.69) is 21.2 Å². The highest BCUT2D eigenvalue weighted by molar-refractivity contribution is 9.10. The number of urea groups is 1. The fraction of sp³-hybridized carbons (Fsp3) is 0.0526. The Labute approximate surface area is 167 Å². The van der Waals surface area contributed by atoms with Crippen LogP contribution >= 0.6 is 15.9 Å². The summed E-state index contributed by atoms with van der Waals surface area (Å²) in [6.45, 7) is -0.691. The molecule has 3 rings (SSSR count). The lowest BCUT2D eigenvalue weighted by molar-refractivity contribution is -0.307. The van der Waals surface area contributed by atoms with Crippen molar-refractivity contribution in [3.05, 3.63) is 64.1 Å². The van der Waals surface area contributed by atoms with Crippen molar-refractivity contribution in [3.8, 4) is 5.75 Å². The highest BCUT2D eigenvalue weighted by Crippen LogP contribution is 2.26. The van der Waals surface area contributed by atoms with E-state index in [0.717, 1.165) is 9.37 Å². The molecule has 0 saturated carbocycles. The third-order valence-corrected chi connectivity index (χ3v) is 4.28. The summed E-state index contributed by atoms with van der Waals surface area (Å²) < 4.78 is 5.88. The third kappa shape index (κ3) is 4.09. The number of benzene rings is 2. The standard InChI is InChI=1S/C19H13BrN2O6/c20-12-5-7-13(8-6-12)22-18(26)14(17(25)21-19(22)27)9-11-3-1-2-4-15(11)28-10-16(23)24/h1-9H,10H2,(H,23,24)(H,21,25,27)/p-1/b14-9-. The Hall–Kier alpha value is -3.46. The van der Waals surface area contributed by atoms with Crippen molar-refractivity contribution in [2.24, 2.45) is 0 Å². The van der Waals surface area contributed by atoms with E-state index < -0.39 is 30.4 Å². The van der Waals surface area contributed by atoms with Crippen molar-refractivity contribution >= 4 is 51.5 Å². The molecule has 0 radical (unpaired) electrons. The van der Waals surface area contributed by atoms with Gasteiger partial charge in [-0.05, 0) is 36.4 Å². The maximum Gasteiger partial charge on any atom is 0.335 e. The maximum atomic E-state index is 12.8. The molecule has 9 heteroatoms. The molecule has 0 spiro atoms. The monoisotopic (exact) mass is 443 g/mol. The van der Waals surface area contributed by atoms with Crippen LogP contribution < -0.4 is 20.1 Å². The summed E-state index contributed by atoms with van der Waals surface area (Å²) in [5.41, 5.74) is 0.282. The fourth-order valence-electron chi connectivity index (χ4n) is 2.51. The zero-order chi connectivity index (χ0) is 20.3. The number of carbonyl (C=O) groups excluding carboxylic acids is 4. The summed E-state index contributed by atoms with van der Waals surface area (Å²) in [7, 11) is 0. The van der Waals surface area contributed by atoms with Gasteiger partial charge in [0.15, 0.2) is 0 Å². The molecule has 1 heterocycles. The molecule has 8 nitrogen and oxygen atoms in total. The molecule has 1 aliphatic rings. The smallest absolute Gasteiger partial charge is 0.335 e. The normalized spacial score (nSPS) is 15.5. The molecule has 1 fully saturated rings. The SMILES string of the molecule is O=C([O-])COc1ccccc1/C=C1/C(=O)NC(=O)N(c2ccc(Br)cc2)C1=O. The largest absolute Gasteiger partial charge is 0.546 e. The molecule has 0 unspecified atom stereocenters. The van der Waals surface area contributed by atoms with Gasteiger partial charge in [0.25, 0.3) is 11.8 Å². The first-order chi connectivity index (χ1) is 13.4. The number of hydrogen-bond donors (Lipinski definition) is 1. The van der Waals surface area contributed by atoms with E-state index in [1.54, 1.807) is 42.5 Å². The van der Waals surface area contributed by atoms with E-state index in [0.29, 0.717) is 5.56 Å². The lowest BCUT2D eigenvalue weighted by Gasteiger charge is -2.26. The minimum Gasteiger partial charge on any atom is -0.546 e. The number of aliphatic carboxylic acids is 1. The number of para-hydroxylation sites is 1. The van der Waals surface area contributed by atoms with Crippen LogP contribution in [0.15, 0.2) is 58.6 Å². The third-order valence-electron chi connectivity index (χ3n) is 3.75. The highest BCUT2D eigenvalue weighted by Gasteiger charge is 2.36. The van der Waals surface area contributed by atoms with Gasteiger partial charge in [-0.15, -0.1) is 0 Å². The number of nitrogens with one attached hydrogen (secondary N) is 1. The minimum absolute atomic E-state index is 0.145. The molecule has 0 bridgehead atoms. The number of carboxylic acid groups (broad SMARTS) is 1. The van der Waals surface area contributed by atoms with Gasteiger partial charge in [-0.1, -0.05) is 34.1 Å². The van der Waals surface area contributed by atoms with Crippen LogP contribution in [-0.4, -0.2) is 30.4 Å². The quantitative estimate of drug-likeness (QED) is 0.548. The van der Waals surface area contributed by atoms with Gasteiger partial charge in [0.2, 0.25) is 0 Å². The van der Waals surface area contributed by atoms with Crippen LogP contribution in [0.4, 0.5) is 10.5 Å². The van der Waals surface area contributed by atoms with Crippen molar-refractivity contribution < 1.29 is 29.0 Å². The van der Waals surface area contributed by atoms with Crippen LogP contribution in [0.25, 0.3) is 6.08 Å². The van der Waals surface area contributed by atoms with Gasteiger partial charge in [-0.25, -0.2) is 9.69 Å². The molecule has 2 aromatic carbocycles. The Morgan fingerprint density at radius 3 is 2.46 bits per heavy atom. The molecule has 1 N–H and O–H groups in total. The lowest BCUT2D eigenvalue weighted by Crippen LogP contribution is -2.54. The topological polar surface area (TPSA) is 116 Å². The van der Waals surface area contributed by atoms with Crippen molar-refractivity contribution in [2.45, 2.75) is 0 Å². The first-order valence-corrected chi connectivity index (χ1v) is 8.75. The van der Waals surface area contributed by atoms with Crippen LogP contribution in [0.1, 0.15) is 5.56 Å². The van der Waals surface area contributed by atoms with E-state index >= 15 is 0 Å². The second-order valence-corrected chi connectivity index (χ2v) is 6.55. The molecule has 142 valence electrons. The number of hydrogen-bond acceptors (Lipinski definition) is 6. The van der Waals surface area contributed by atoms with Crippen LogP contribution in [0.3, 0.4) is 0 Å². The summed E-state index contributed by atoms with van der Waals surface area (Å²) in [6, 6.07) is 11.8. The number of nitrogens with zero attached hydrogens (tertiary/aromatic N) is 1. The number of ether oxygens (including phenoxy) is 1. The van der Waals surface area contributed by atoms with E-state index in [1.807, 2.05) is 0 Å². The number of rotatable bonds is 5. The van der Waals surface area contributed by atoms with Crippen molar-refractivity contribution in [3.63, 3.8) is 0 Å². The van der Waals surface area contributed by atoms with Gasteiger partial charge in [0, 0.05) is 10.0 Å². The van der Waals surface area contributed by atoms with Crippen molar-refractivity contribution in [1.29, 1.82) is 0 Å². The zero-order valence-corrected chi connectivity index (χ0v) is 15.8. The van der Waals surface area contributed by atoms with E-state index in [-0.39, 0.29) is 17.0 Å². The average Bonchev–Trinajstić information content (AvgIpc) is 2.65. The Balaban J connectivity index is 1.98. The van der Waals surface area contributed by atoms with Crippen LogP contribution in [-0.2, 0) is 14.4 Å². The van der Waals surface area contributed by atoms with Crippen molar-refractivity contribution in [1.82, 2.24) is 5.32 Å². The Bertz CT molecular complexity index is 1000. The summed E-state index contributed by atoms with van der Waals surface area (Å²) in [5.74, 6) is -2.95. The van der Waals surface area contributed by atoms with Gasteiger partial charge in [0.1, 0.15) is 17.9 Å². The highest BCUT2D eigenvalue weighted by atomic mass is 79.9. The molecular weight excluding hydrogens is 432 g/mol. The first kappa shape index (κ1) is 19.3.